The lowest BCUT2D eigenvalue weighted by molar-refractivity contribution is 0.143. The van der Waals surface area contributed by atoms with Gasteiger partial charge in [-0.2, -0.15) is 0 Å². The Morgan fingerprint density at radius 2 is 1.81 bits per heavy atom. The van der Waals surface area contributed by atoms with Crippen molar-refractivity contribution in [2.45, 2.75) is 12.3 Å². The van der Waals surface area contributed by atoms with Gasteiger partial charge in [0.1, 0.15) is 6.61 Å². The van der Waals surface area contributed by atoms with E-state index < -0.39 is 6.09 Å². The Kier molecular flexibility index (Phi) is 5.19. The van der Waals surface area contributed by atoms with Crippen molar-refractivity contribution in [3.8, 4) is 11.1 Å². The Bertz CT molecular complexity index is 1220. The van der Waals surface area contributed by atoms with Gasteiger partial charge in [-0.3, -0.25) is 9.38 Å². The molecule has 0 saturated carbocycles. The molecule has 6 nitrogen and oxygen atoms in total. The van der Waals surface area contributed by atoms with E-state index in [4.69, 9.17) is 4.74 Å². The molecule has 0 bridgehead atoms. The number of imidazole rings is 1. The summed E-state index contributed by atoms with van der Waals surface area (Å²) in [6, 6.07) is 16.6. The number of hydrogen-bond donors (Lipinski definition) is 1. The highest BCUT2D eigenvalue weighted by atomic mass is 16.5. The van der Waals surface area contributed by atoms with Crippen LogP contribution in [0.15, 0.2) is 79.4 Å². The lowest BCUT2D eigenvalue weighted by Crippen LogP contribution is -2.26. The quantitative estimate of drug-likeness (QED) is 0.469. The van der Waals surface area contributed by atoms with Gasteiger partial charge in [-0.1, -0.05) is 54.6 Å². The fourth-order valence-corrected chi connectivity index (χ4v) is 4.10. The first-order valence-corrected chi connectivity index (χ1v) is 10.3. The van der Waals surface area contributed by atoms with E-state index in [1.807, 2.05) is 47.0 Å². The van der Waals surface area contributed by atoms with Crippen molar-refractivity contribution >= 4 is 17.8 Å². The van der Waals surface area contributed by atoms with Crippen LogP contribution in [0.2, 0.25) is 0 Å². The molecule has 0 fully saturated rings. The summed E-state index contributed by atoms with van der Waals surface area (Å²) >= 11 is 0. The average molecular weight is 410 g/mol. The van der Waals surface area contributed by atoms with Crippen molar-refractivity contribution in [2.75, 3.05) is 13.2 Å². The molecule has 2 heterocycles. The van der Waals surface area contributed by atoms with E-state index in [1.54, 1.807) is 18.6 Å². The zero-order valence-corrected chi connectivity index (χ0v) is 16.9. The van der Waals surface area contributed by atoms with Gasteiger partial charge in [0.05, 0.1) is 18.1 Å². The minimum Gasteiger partial charge on any atom is -0.449 e. The number of amides is 1. The standard InChI is InChI=1S/C25H22N4O2/c30-25(27-12-6-5-7-18-15-28-24-16-26-13-14-29(18)24)31-17-23-21-10-3-1-8-19(21)20-9-2-4-11-22(20)23/h1-5,7-11,13-16,23H,6,12,17H2,(H,27,30). The second-order valence-corrected chi connectivity index (χ2v) is 7.43. The van der Waals surface area contributed by atoms with Crippen LogP contribution in [0.25, 0.3) is 22.9 Å². The molecular formula is C25H22N4O2. The van der Waals surface area contributed by atoms with Gasteiger partial charge in [-0.15, -0.1) is 0 Å². The number of alkyl carbamates (subject to hydrolysis) is 1. The maximum Gasteiger partial charge on any atom is 0.407 e. The van der Waals surface area contributed by atoms with Gasteiger partial charge in [0.15, 0.2) is 5.65 Å². The average Bonchev–Trinajstić information content (AvgIpc) is 3.37. The molecule has 0 atom stereocenters. The van der Waals surface area contributed by atoms with Gasteiger partial charge < -0.3 is 10.1 Å². The second-order valence-electron chi connectivity index (χ2n) is 7.43. The summed E-state index contributed by atoms with van der Waals surface area (Å²) in [5.74, 6) is 0.0719. The number of benzene rings is 2. The van der Waals surface area contributed by atoms with Gasteiger partial charge in [0.2, 0.25) is 0 Å². The number of aromatic nitrogens is 3. The lowest BCUT2D eigenvalue weighted by atomic mass is 9.98. The van der Waals surface area contributed by atoms with E-state index in [1.165, 1.54) is 22.3 Å². The minimum atomic E-state index is -0.392. The zero-order valence-electron chi connectivity index (χ0n) is 16.9. The van der Waals surface area contributed by atoms with Gasteiger partial charge in [0, 0.05) is 24.9 Å². The predicted octanol–water partition coefficient (Wildman–Crippen LogP) is 4.67. The Labute approximate surface area is 180 Å². The number of carbonyl (C=O) groups is 1. The van der Waals surface area contributed by atoms with Gasteiger partial charge >= 0.3 is 6.09 Å². The highest BCUT2D eigenvalue weighted by Crippen LogP contribution is 2.44. The van der Waals surface area contributed by atoms with E-state index in [0.29, 0.717) is 19.6 Å². The van der Waals surface area contributed by atoms with Crippen LogP contribution in [0.5, 0.6) is 0 Å². The largest absolute Gasteiger partial charge is 0.449 e. The first-order chi connectivity index (χ1) is 15.3. The van der Waals surface area contributed by atoms with Crippen molar-refractivity contribution in [1.82, 2.24) is 19.7 Å². The summed E-state index contributed by atoms with van der Waals surface area (Å²) < 4.78 is 7.52. The summed E-state index contributed by atoms with van der Waals surface area (Å²) in [4.78, 5) is 20.6. The third kappa shape index (κ3) is 3.80. The molecule has 6 heteroatoms. The van der Waals surface area contributed by atoms with E-state index in [-0.39, 0.29) is 5.92 Å². The molecule has 0 unspecified atom stereocenters. The van der Waals surface area contributed by atoms with E-state index >= 15 is 0 Å². The first kappa shape index (κ1) is 19.1. The van der Waals surface area contributed by atoms with Crippen LogP contribution < -0.4 is 5.32 Å². The summed E-state index contributed by atoms with van der Waals surface area (Å²) in [5, 5.41) is 2.83. The molecule has 154 valence electrons. The molecule has 1 amide bonds. The Morgan fingerprint density at radius 1 is 1.06 bits per heavy atom. The zero-order chi connectivity index (χ0) is 21.0. The normalized spacial score (nSPS) is 12.8. The summed E-state index contributed by atoms with van der Waals surface area (Å²) in [7, 11) is 0. The van der Waals surface area contributed by atoms with Crippen molar-refractivity contribution in [2.24, 2.45) is 0 Å². The fraction of sp³-hybridized carbons (Fsp3) is 0.160. The number of hydrogen-bond acceptors (Lipinski definition) is 4. The second kappa shape index (κ2) is 8.44. The number of carbonyl (C=O) groups excluding carboxylic acids is 1. The summed E-state index contributed by atoms with van der Waals surface area (Å²) in [5.41, 5.74) is 6.64. The molecule has 2 aromatic heterocycles. The van der Waals surface area contributed by atoms with Crippen LogP contribution in [-0.2, 0) is 4.74 Å². The predicted molar refractivity (Wildman–Crippen MR) is 120 cm³/mol. The number of nitrogens with zero attached hydrogens (tertiary/aromatic N) is 3. The smallest absolute Gasteiger partial charge is 0.407 e. The van der Waals surface area contributed by atoms with Gasteiger partial charge in [0.25, 0.3) is 0 Å². The molecule has 0 aliphatic heterocycles. The van der Waals surface area contributed by atoms with Crippen molar-refractivity contribution in [3.05, 3.63) is 96.2 Å². The summed E-state index contributed by atoms with van der Waals surface area (Å²) in [6.07, 6.45) is 11.4. The fourth-order valence-electron chi connectivity index (χ4n) is 4.10. The molecular weight excluding hydrogens is 388 g/mol. The molecule has 1 aliphatic carbocycles. The van der Waals surface area contributed by atoms with Crippen LogP contribution in [0.3, 0.4) is 0 Å². The van der Waals surface area contributed by atoms with Crippen LogP contribution in [0, 0.1) is 0 Å². The third-order valence-electron chi connectivity index (χ3n) is 5.56. The Hall–Kier alpha value is -3.93. The maximum atomic E-state index is 12.2. The molecule has 0 radical (unpaired) electrons. The monoisotopic (exact) mass is 410 g/mol. The van der Waals surface area contributed by atoms with Crippen molar-refractivity contribution in [1.29, 1.82) is 0 Å². The molecule has 1 N–H and O–H groups in total. The van der Waals surface area contributed by atoms with Crippen LogP contribution in [-0.4, -0.2) is 33.6 Å². The van der Waals surface area contributed by atoms with E-state index in [0.717, 1.165) is 11.3 Å². The van der Waals surface area contributed by atoms with Crippen molar-refractivity contribution < 1.29 is 9.53 Å². The highest BCUT2D eigenvalue weighted by molar-refractivity contribution is 5.79. The topological polar surface area (TPSA) is 68.5 Å². The first-order valence-electron chi connectivity index (χ1n) is 10.3. The number of fused-ring (bicyclic) bond motifs is 4. The lowest BCUT2D eigenvalue weighted by Gasteiger charge is -2.14. The maximum absolute atomic E-state index is 12.2. The van der Waals surface area contributed by atoms with Crippen LogP contribution in [0.4, 0.5) is 4.79 Å². The third-order valence-corrected chi connectivity index (χ3v) is 5.56. The number of ether oxygens (including phenoxy) is 1. The van der Waals surface area contributed by atoms with Crippen molar-refractivity contribution in [3.63, 3.8) is 0 Å². The van der Waals surface area contributed by atoms with E-state index in [2.05, 4.69) is 39.6 Å². The molecule has 0 spiro atoms. The molecule has 31 heavy (non-hydrogen) atoms. The molecule has 4 aromatic rings. The molecule has 5 rings (SSSR count). The molecule has 2 aromatic carbocycles. The molecule has 1 aliphatic rings. The Balaban J connectivity index is 1.13. The highest BCUT2D eigenvalue weighted by Gasteiger charge is 2.28. The SMILES string of the molecule is O=C(NCCC=Cc1cnc2cnccn12)OCC1c2ccccc2-c2ccccc21. The van der Waals surface area contributed by atoms with Gasteiger partial charge in [-0.25, -0.2) is 9.78 Å². The number of rotatable bonds is 6. The minimum absolute atomic E-state index is 0.0719. The van der Waals surface area contributed by atoms with Crippen LogP contribution >= 0.6 is 0 Å². The van der Waals surface area contributed by atoms with Gasteiger partial charge in [-0.05, 0) is 34.8 Å². The van der Waals surface area contributed by atoms with Crippen LogP contribution in [0.1, 0.15) is 29.2 Å². The summed E-state index contributed by atoms with van der Waals surface area (Å²) in [6.45, 7) is 0.830. The van der Waals surface area contributed by atoms with E-state index in [9.17, 15) is 4.79 Å². The molecule has 0 saturated heterocycles. The Morgan fingerprint density at radius 3 is 2.58 bits per heavy atom. The number of nitrogens with one attached hydrogen (secondary N) is 1.